The maximum absolute atomic E-state index is 12.5. The monoisotopic (exact) mass is 292 g/mol. The van der Waals surface area contributed by atoms with Crippen molar-refractivity contribution in [1.29, 1.82) is 0 Å². The van der Waals surface area contributed by atoms with Crippen LogP contribution in [-0.2, 0) is 12.8 Å². The Labute approximate surface area is 124 Å². The highest BCUT2D eigenvalue weighted by Crippen LogP contribution is 2.32. The van der Waals surface area contributed by atoms with E-state index in [1.807, 2.05) is 0 Å². The van der Waals surface area contributed by atoms with Gasteiger partial charge in [-0.1, -0.05) is 19.3 Å². The standard InChI is InChI=1S/C16H24N2OS/c17-11-16(8-4-5-9-16)18-15(19)14-10-12-6-2-1-3-7-13(12)20-14/h10H,1-9,11,17H2,(H,18,19). The summed E-state index contributed by atoms with van der Waals surface area (Å²) < 4.78 is 0. The number of thiophene rings is 1. The lowest BCUT2D eigenvalue weighted by Gasteiger charge is -2.28. The molecule has 1 saturated carbocycles. The zero-order chi connectivity index (χ0) is 14.0. The summed E-state index contributed by atoms with van der Waals surface area (Å²) in [6.45, 7) is 0.559. The highest BCUT2D eigenvalue weighted by atomic mass is 32.1. The Hall–Kier alpha value is -0.870. The number of aryl methyl sites for hydroxylation is 2. The van der Waals surface area contributed by atoms with Gasteiger partial charge >= 0.3 is 0 Å². The molecule has 0 atom stereocenters. The first-order valence-electron chi connectivity index (χ1n) is 7.87. The zero-order valence-corrected chi connectivity index (χ0v) is 12.9. The fourth-order valence-electron chi connectivity index (χ4n) is 3.51. The summed E-state index contributed by atoms with van der Waals surface area (Å²) in [5.41, 5.74) is 7.17. The maximum atomic E-state index is 12.5. The molecular formula is C16H24N2OS. The number of carbonyl (C=O) groups is 1. The van der Waals surface area contributed by atoms with Gasteiger partial charge in [-0.3, -0.25) is 4.79 Å². The Morgan fingerprint density at radius 1 is 1.20 bits per heavy atom. The largest absolute Gasteiger partial charge is 0.345 e. The molecule has 1 aromatic rings. The van der Waals surface area contributed by atoms with Crippen LogP contribution in [0.3, 0.4) is 0 Å². The van der Waals surface area contributed by atoms with Crippen molar-refractivity contribution in [3.8, 4) is 0 Å². The van der Waals surface area contributed by atoms with Crippen molar-refractivity contribution in [1.82, 2.24) is 5.32 Å². The van der Waals surface area contributed by atoms with Gasteiger partial charge in [-0.05, 0) is 50.2 Å². The fourth-order valence-corrected chi connectivity index (χ4v) is 4.66. The van der Waals surface area contributed by atoms with Crippen LogP contribution in [0.1, 0.15) is 65.1 Å². The normalized spacial score (nSPS) is 21.2. The van der Waals surface area contributed by atoms with E-state index in [4.69, 9.17) is 5.73 Å². The number of hydrogen-bond acceptors (Lipinski definition) is 3. The smallest absolute Gasteiger partial charge is 0.261 e. The van der Waals surface area contributed by atoms with Crippen molar-refractivity contribution in [3.05, 3.63) is 21.4 Å². The molecule has 1 amide bonds. The average molecular weight is 292 g/mol. The Balaban J connectivity index is 1.74. The molecule has 1 heterocycles. The van der Waals surface area contributed by atoms with Gasteiger partial charge in [0.05, 0.1) is 10.4 Å². The molecule has 2 aliphatic rings. The van der Waals surface area contributed by atoms with Crippen LogP contribution >= 0.6 is 11.3 Å². The van der Waals surface area contributed by atoms with E-state index in [9.17, 15) is 4.79 Å². The molecule has 110 valence electrons. The van der Waals surface area contributed by atoms with Crippen molar-refractivity contribution in [2.24, 2.45) is 5.73 Å². The first-order chi connectivity index (χ1) is 9.72. The third kappa shape index (κ3) is 2.77. The molecule has 4 heteroatoms. The van der Waals surface area contributed by atoms with Crippen LogP contribution in [0, 0.1) is 0 Å². The van der Waals surface area contributed by atoms with Crippen molar-refractivity contribution in [2.75, 3.05) is 6.54 Å². The van der Waals surface area contributed by atoms with Crippen LogP contribution in [0.4, 0.5) is 0 Å². The summed E-state index contributed by atoms with van der Waals surface area (Å²) in [6.07, 6.45) is 10.5. The predicted molar refractivity (Wildman–Crippen MR) is 83.3 cm³/mol. The van der Waals surface area contributed by atoms with Crippen molar-refractivity contribution >= 4 is 17.2 Å². The van der Waals surface area contributed by atoms with E-state index in [0.29, 0.717) is 6.54 Å². The predicted octanol–water partition coefficient (Wildman–Crippen LogP) is 3.02. The van der Waals surface area contributed by atoms with Gasteiger partial charge in [-0.15, -0.1) is 11.3 Å². The Morgan fingerprint density at radius 2 is 1.95 bits per heavy atom. The molecule has 0 saturated heterocycles. The zero-order valence-electron chi connectivity index (χ0n) is 12.0. The quantitative estimate of drug-likeness (QED) is 0.841. The highest BCUT2D eigenvalue weighted by molar-refractivity contribution is 7.14. The van der Waals surface area contributed by atoms with E-state index in [0.717, 1.165) is 30.6 Å². The Bertz CT molecular complexity index is 465. The third-order valence-electron chi connectivity index (χ3n) is 4.80. The van der Waals surface area contributed by atoms with Gasteiger partial charge in [0, 0.05) is 11.4 Å². The molecular weight excluding hydrogens is 268 g/mol. The minimum atomic E-state index is -0.140. The molecule has 0 spiro atoms. The van der Waals surface area contributed by atoms with E-state index < -0.39 is 0 Å². The summed E-state index contributed by atoms with van der Waals surface area (Å²) in [5.74, 6) is 0.0930. The molecule has 20 heavy (non-hydrogen) atoms. The number of hydrogen-bond donors (Lipinski definition) is 2. The van der Waals surface area contributed by atoms with Crippen LogP contribution < -0.4 is 11.1 Å². The van der Waals surface area contributed by atoms with E-state index in [1.54, 1.807) is 11.3 Å². The van der Waals surface area contributed by atoms with Crippen molar-refractivity contribution in [2.45, 2.75) is 63.3 Å². The lowest BCUT2D eigenvalue weighted by atomic mass is 9.98. The van der Waals surface area contributed by atoms with E-state index >= 15 is 0 Å². The van der Waals surface area contributed by atoms with E-state index in [1.165, 1.54) is 42.5 Å². The summed E-state index contributed by atoms with van der Waals surface area (Å²) in [4.78, 5) is 14.8. The second kappa shape index (κ2) is 5.86. The topological polar surface area (TPSA) is 55.1 Å². The van der Waals surface area contributed by atoms with Gasteiger partial charge in [0.1, 0.15) is 0 Å². The average Bonchev–Trinajstić information content (AvgIpc) is 3.02. The Morgan fingerprint density at radius 3 is 2.70 bits per heavy atom. The molecule has 3 N–H and O–H groups in total. The summed E-state index contributed by atoms with van der Waals surface area (Å²) in [5, 5.41) is 3.23. The number of amides is 1. The van der Waals surface area contributed by atoms with Gasteiger partial charge in [-0.2, -0.15) is 0 Å². The number of fused-ring (bicyclic) bond motifs is 1. The van der Waals surface area contributed by atoms with Gasteiger partial charge < -0.3 is 11.1 Å². The Kier molecular flexibility index (Phi) is 4.13. The van der Waals surface area contributed by atoms with Crippen molar-refractivity contribution < 1.29 is 4.79 Å². The van der Waals surface area contributed by atoms with Crippen LogP contribution in [0.2, 0.25) is 0 Å². The number of nitrogens with one attached hydrogen (secondary N) is 1. The maximum Gasteiger partial charge on any atom is 0.261 e. The lowest BCUT2D eigenvalue weighted by molar-refractivity contribution is 0.0907. The number of nitrogens with two attached hydrogens (primary N) is 1. The summed E-state index contributed by atoms with van der Waals surface area (Å²) >= 11 is 1.70. The fraction of sp³-hybridized carbons (Fsp3) is 0.688. The molecule has 0 unspecified atom stereocenters. The molecule has 3 rings (SSSR count). The molecule has 1 aromatic heterocycles. The number of rotatable bonds is 3. The summed E-state index contributed by atoms with van der Waals surface area (Å²) in [7, 11) is 0. The lowest BCUT2D eigenvalue weighted by Crippen LogP contribution is -2.51. The first-order valence-corrected chi connectivity index (χ1v) is 8.68. The molecule has 3 nitrogen and oxygen atoms in total. The second-order valence-corrected chi connectivity index (χ2v) is 7.40. The molecule has 0 aliphatic heterocycles. The molecule has 0 aromatic carbocycles. The molecule has 0 bridgehead atoms. The van der Waals surface area contributed by atoms with Gasteiger partial charge in [0.2, 0.25) is 0 Å². The van der Waals surface area contributed by atoms with Gasteiger partial charge in [0.25, 0.3) is 5.91 Å². The molecule has 0 radical (unpaired) electrons. The third-order valence-corrected chi connectivity index (χ3v) is 6.04. The SMILES string of the molecule is NCC1(NC(=O)c2cc3c(s2)CCCCC3)CCCC1. The minimum Gasteiger partial charge on any atom is -0.345 e. The number of carbonyl (C=O) groups excluding carboxylic acids is 1. The van der Waals surface area contributed by atoms with E-state index in [2.05, 4.69) is 11.4 Å². The summed E-state index contributed by atoms with van der Waals surface area (Å²) in [6, 6.07) is 2.12. The van der Waals surface area contributed by atoms with Gasteiger partial charge in [0.15, 0.2) is 0 Å². The van der Waals surface area contributed by atoms with Gasteiger partial charge in [-0.25, -0.2) is 0 Å². The first kappa shape index (κ1) is 14.1. The van der Waals surface area contributed by atoms with Crippen LogP contribution in [0.5, 0.6) is 0 Å². The van der Waals surface area contributed by atoms with Crippen molar-refractivity contribution in [3.63, 3.8) is 0 Å². The van der Waals surface area contributed by atoms with Crippen LogP contribution in [0.15, 0.2) is 6.07 Å². The van der Waals surface area contributed by atoms with Crippen LogP contribution in [-0.4, -0.2) is 18.0 Å². The van der Waals surface area contributed by atoms with E-state index in [-0.39, 0.29) is 11.4 Å². The highest BCUT2D eigenvalue weighted by Gasteiger charge is 2.34. The minimum absolute atomic E-state index is 0.0930. The molecule has 2 aliphatic carbocycles. The van der Waals surface area contributed by atoms with Crippen LogP contribution in [0.25, 0.3) is 0 Å². The molecule has 1 fully saturated rings. The second-order valence-electron chi connectivity index (χ2n) is 6.27.